The van der Waals surface area contributed by atoms with Crippen LogP contribution in [0, 0.1) is 5.82 Å². The van der Waals surface area contributed by atoms with Gasteiger partial charge in [-0.3, -0.25) is 4.79 Å². The van der Waals surface area contributed by atoms with E-state index in [1.165, 1.54) is 18.2 Å². The molecule has 1 amide bonds. The van der Waals surface area contributed by atoms with E-state index in [4.69, 9.17) is 0 Å². The number of hydrogen-bond acceptors (Lipinski definition) is 1. The third-order valence-corrected chi connectivity index (χ3v) is 2.36. The van der Waals surface area contributed by atoms with Gasteiger partial charge in [0, 0.05) is 21.7 Å². The van der Waals surface area contributed by atoms with Crippen molar-refractivity contribution in [3.63, 3.8) is 0 Å². The van der Waals surface area contributed by atoms with Crippen LogP contribution in [-0.2, 0) is 4.79 Å². The van der Waals surface area contributed by atoms with Gasteiger partial charge in [-0.2, -0.15) is 0 Å². The first-order valence-corrected chi connectivity index (χ1v) is 6.02. The molecule has 0 fully saturated rings. The van der Waals surface area contributed by atoms with Gasteiger partial charge in [0.15, 0.2) is 0 Å². The van der Waals surface area contributed by atoms with Crippen LogP contribution in [0.25, 0.3) is 6.08 Å². The Bertz CT molecular complexity index is 449. The number of amides is 1. The average molecular weight is 300 g/mol. The maximum Gasteiger partial charge on any atom is 0.244 e. The number of nitrogens with one attached hydrogen (secondary N) is 1. The summed E-state index contributed by atoms with van der Waals surface area (Å²) in [6, 6.07) is 4.59. The number of carbonyl (C=O) groups excluding carboxylic acids is 1. The SMILES string of the molecule is CC(C)(C)NC(=O)C=Cc1cc(Br)ccc1F. The van der Waals surface area contributed by atoms with Gasteiger partial charge in [-0.25, -0.2) is 4.39 Å². The molecule has 17 heavy (non-hydrogen) atoms. The zero-order valence-corrected chi connectivity index (χ0v) is 11.6. The van der Waals surface area contributed by atoms with Gasteiger partial charge in [-0.15, -0.1) is 0 Å². The van der Waals surface area contributed by atoms with Gasteiger partial charge < -0.3 is 5.32 Å². The van der Waals surface area contributed by atoms with Crippen LogP contribution in [0.2, 0.25) is 0 Å². The lowest BCUT2D eigenvalue weighted by Crippen LogP contribution is -2.39. The normalized spacial score (nSPS) is 11.8. The van der Waals surface area contributed by atoms with E-state index in [1.54, 1.807) is 12.1 Å². The van der Waals surface area contributed by atoms with Crippen molar-refractivity contribution in [2.75, 3.05) is 0 Å². The lowest BCUT2D eigenvalue weighted by atomic mass is 10.1. The molecule has 2 nitrogen and oxygen atoms in total. The van der Waals surface area contributed by atoms with Crippen molar-refractivity contribution in [2.45, 2.75) is 26.3 Å². The number of halogens is 2. The van der Waals surface area contributed by atoms with E-state index < -0.39 is 0 Å². The van der Waals surface area contributed by atoms with Gasteiger partial charge in [0.25, 0.3) is 0 Å². The molecular formula is C13H15BrFNO. The first-order valence-electron chi connectivity index (χ1n) is 5.23. The lowest BCUT2D eigenvalue weighted by molar-refractivity contribution is -0.117. The van der Waals surface area contributed by atoms with Crippen molar-refractivity contribution >= 4 is 27.9 Å². The molecule has 0 bridgehead atoms. The molecule has 0 spiro atoms. The van der Waals surface area contributed by atoms with Crippen molar-refractivity contribution in [1.29, 1.82) is 0 Å². The molecule has 4 heteroatoms. The van der Waals surface area contributed by atoms with E-state index in [9.17, 15) is 9.18 Å². The highest BCUT2D eigenvalue weighted by Gasteiger charge is 2.11. The highest BCUT2D eigenvalue weighted by atomic mass is 79.9. The molecule has 1 N–H and O–H groups in total. The highest BCUT2D eigenvalue weighted by Crippen LogP contribution is 2.16. The summed E-state index contributed by atoms with van der Waals surface area (Å²) in [5.41, 5.74) is 0.0838. The lowest BCUT2D eigenvalue weighted by Gasteiger charge is -2.18. The van der Waals surface area contributed by atoms with Gasteiger partial charge >= 0.3 is 0 Å². The summed E-state index contributed by atoms with van der Waals surface area (Å²) in [6.45, 7) is 5.66. The Kier molecular flexibility index (Phi) is 4.46. The van der Waals surface area contributed by atoms with Gasteiger partial charge in [-0.1, -0.05) is 15.9 Å². The third-order valence-electron chi connectivity index (χ3n) is 1.87. The first kappa shape index (κ1) is 13.9. The van der Waals surface area contributed by atoms with Gasteiger partial charge in [0.2, 0.25) is 5.91 Å². The second-order valence-electron chi connectivity index (χ2n) is 4.74. The Labute approximate surface area is 109 Å². The summed E-state index contributed by atoms with van der Waals surface area (Å²) in [7, 11) is 0. The fraction of sp³-hybridized carbons (Fsp3) is 0.308. The highest BCUT2D eigenvalue weighted by molar-refractivity contribution is 9.10. The largest absolute Gasteiger partial charge is 0.348 e. The summed E-state index contributed by atoms with van der Waals surface area (Å²) < 4.78 is 14.1. The van der Waals surface area contributed by atoms with Crippen LogP contribution >= 0.6 is 15.9 Å². The average Bonchev–Trinajstić information content (AvgIpc) is 2.17. The smallest absolute Gasteiger partial charge is 0.244 e. The minimum atomic E-state index is -0.354. The van der Waals surface area contributed by atoms with Gasteiger partial charge in [0.05, 0.1) is 0 Å². The molecule has 0 saturated carbocycles. The second kappa shape index (κ2) is 5.45. The van der Waals surface area contributed by atoms with Gasteiger partial charge in [-0.05, 0) is 45.0 Å². The van der Waals surface area contributed by atoms with Crippen molar-refractivity contribution in [3.8, 4) is 0 Å². The number of rotatable bonds is 2. The predicted octanol–water partition coefficient (Wildman–Crippen LogP) is 3.52. The Balaban J connectivity index is 2.77. The molecule has 1 rings (SSSR count). The third kappa shape index (κ3) is 5.13. The van der Waals surface area contributed by atoms with Crippen LogP contribution < -0.4 is 5.32 Å². The van der Waals surface area contributed by atoms with Crippen molar-refractivity contribution < 1.29 is 9.18 Å². The van der Waals surface area contributed by atoms with Crippen LogP contribution in [0.3, 0.4) is 0 Å². The molecule has 0 unspecified atom stereocenters. The molecule has 0 aliphatic rings. The van der Waals surface area contributed by atoms with Crippen LogP contribution in [0.1, 0.15) is 26.3 Å². The number of benzene rings is 1. The Hall–Kier alpha value is -1.16. The van der Waals surface area contributed by atoms with Crippen LogP contribution in [-0.4, -0.2) is 11.4 Å². The van der Waals surface area contributed by atoms with Crippen molar-refractivity contribution in [3.05, 3.63) is 40.1 Å². The molecule has 1 aromatic rings. The maximum atomic E-state index is 13.4. The van der Waals surface area contributed by atoms with Gasteiger partial charge in [0.1, 0.15) is 5.82 Å². The summed E-state index contributed by atoms with van der Waals surface area (Å²) in [5, 5.41) is 2.76. The van der Waals surface area contributed by atoms with E-state index in [0.29, 0.717) is 5.56 Å². The fourth-order valence-electron chi connectivity index (χ4n) is 1.22. The molecule has 0 saturated heterocycles. The second-order valence-corrected chi connectivity index (χ2v) is 5.65. The molecule has 1 aromatic carbocycles. The minimum Gasteiger partial charge on any atom is -0.348 e. The fourth-order valence-corrected chi connectivity index (χ4v) is 1.60. The Morgan fingerprint density at radius 2 is 2.06 bits per heavy atom. The van der Waals surface area contributed by atoms with Crippen LogP contribution in [0.4, 0.5) is 4.39 Å². The summed E-state index contributed by atoms with van der Waals surface area (Å²) in [5.74, 6) is -0.593. The topological polar surface area (TPSA) is 29.1 Å². The van der Waals surface area contributed by atoms with Crippen molar-refractivity contribution in [1.82, 2.24) is 5.32 Å². The summed E-state index contributed by atoms with van der Waals surface area (Å²) >= 11 is 3.25. The first-order chi connectivity index (χ1) is 7.78. The minimum absolute atomic E-state index is 0.239. The van der Waals surface area contributed by atoms with Crippen molar-refractivity contribution in [2.24, 2.45) is 0 Å². The number of hydrogen-bond donors (Lipinski definition) is 1. The zero-order valence-electron chi connectivity index (χ0n) is 10.1. The van der Waals surface area contributed by atoms with E-state index in [-0.39, 0.29) is 17.3 Å². The molecule has 0 radical (unpaired) electrons. The molecule has 0 aliphatic carbocycles. The Morgan fingerprint density at radius 3 is 2.65 bits per heavy atom. The predicted molar refractivity (Wildman–Crippen MR) is 71.0 cm³/mol. The summed E-state index contributed by atoms with van der Waals surface area (Å²) in [6.07, 6.45) is 2.79. The maximum absolute atomic E-state index is 13.4. The van der Waals surface area contributed by atoms with E-state index in [1.807, 2.05) is 20.8 Å². The molecular weight excluding hydrogens is 285 g/mol. The quantitative estimate of drug-likeness (QED) is 0.832. The van der Waals surface area contributed by atoms with Crippen LogP contribution in [0.15, 0.2) is 28.7 Å². The van der Waals surface area contributed by atoms with E-state index in [0.717, 1.165) is 4.47 Å². The molecule has 0 aromatic heterocycles. The molecule has 0 heterocycles. The molecule has 0 atom stereocenters. The van der Waals surface area contributed by atoms with Crippen LogP contribution in [0.5, 0.6) is 0 Å². The Morgan fingerprint density at radius 1 is 1.41 bits per heavy atom. The molecule has 92 valence electrons. The zero-order chi connectivity index (χ0) is 13.1. The monoisotopic (exact) mass is 299 g/mol. The van der Waals surface area contributed by atoms with E-state index in [2.05, 4.69) is 21.2 Å². The van der Waals surface area contributed by atoms with E-state index >= 15 is 0 Å². The standard InChI is InChI=1S/C13H15BrFNO/c1-13(2,3)16-12(17)7-4-9-8-10(14)5-6-11(9)15/h4-8H,1-3H3,(H,16,17). The summed E-state index contributed by atoms with van der Waals surface area (Å²) in [4.78, 5) is 11.5. The molecule has 0 aliphatic heterocycles. The number of carbonyl (C=O) groups is 1.